The van der Waals surface area contributed by atoms with Crippen molar-refractivity contribution in [3.63, 3.8) is 0 Å². The molecule has 0 saturated carbocycles. The van der Waals surface area contributed by atoms with Crippen LogP contribution in [-0.4, -0.2) is 34.9 Å². The molecule has 2 heterocycles. The van der Waals surface area contributed by atoms with Crippen molar-refractivity contribution in [1.82, 2.24) is 9.88 Å². The Bertz CT molecular complexity index is 455. The molecule has 0 aromatic carbocycles. The number of likely N-dealkylation sites (tertiary alicyclic amines) is 1. The van der Waals surface area contributed by atoms with Gasteiger partial charge in [0.05, 0.1) is 11.9 Å². The minimum absolute atomic E-state index is 0.151. The summed E-state index contributed by atoms with van der Waals surface area (Å²) >= 11 is 0. The third kappa shape index (κ3) is 3.36. The number of carbonyl (C=O) groups excluding carboxylic acids is 1. The lowest BCUT2D eigenvalue weighted by atomic mass is 10.1. The van der Waals surface area contributed by atoms with Gasteiger partial charge in [-0.05, 0) is 44.7 Å². The Balaban J connectivity index is 1.99. The van der Waals surface area contributed by atoms with Gasteiger partial charge in [0.15, 0.2) is 0 Å². The second kappa shape index (κ2) is 5.91. The molecule has 1 aromatic heterocycles. The lowest BCUT2D eigenvalue weighted by Crippen LogP contribution is -2.44. The normalized spacial score (nSPS) is 17.1. The molecule has 0 spiro atoms. The van der Waals surface area contributed by atoms with Gasteiger partial charge in [0.2, 0.25) is 5.91 Å². The average Bonchev–Trinajstić information content (AvgIpc) is 2.42. The number of piperidine rings is 1. The van der Waals surface area contributed by atoms with Crippen LogP contribution in [0.25, 0.3) is 0 Å². The Morgan fingerprint density at radius 2 is 2.11 bits per heavy atom. The van der Waals surface area contributed by atoms with Gasteiger partial charge in [-0.25, -0.2) is 4.98 Å². The number of nitrogens with zero attached hydrogens (tertiary/aromatic N) is 2. The predicted octanol–water partition coefficient (Wildman–Crippen LogP) is 1.79. The zero-order valence-electron chi connectivity index (χ0n) is 11.6. The van der Waals surface area contributed by atoms with Gasteiger partial charge in [0, 0.05) is 13.1 Å². The molecule has 0 aliphatic carbocycles. The van der Waals surface area contributed by atoms with Gasteiger partial charge < -0.3 is 16.0 Å². The van der Waals surface area contributed by atoms with Crippen molar-refractivity contribution in [1.29, 1.82) is 0 Å². The molecule has 1 saturated heterocycles. The van der Waals surface area contributed by atoms with E-state index >= 15 is 0 Å². The Labute approximate surface area is 114 Å². The van der Waals surface area contributed by atoms with E-state index in [-0.39, 0.29) is 11.9 Å². The van der Waals surface area contributed by atoms with Crippen LogP contribution in [0.15, 0.2) is 12.3 Å². The summed E-state index contributed by atoms with van der Waals surface area (Å²) in [6.07, 6.45) is 5.05. The average molecular weight is 262 g/mol. The Morgan fingerprint density at radius 1 is 1.42 bits per heavy atom. The predicted molar refractivity (Wildman–Crippen MR) is 76.9 cm³/mol. The first-order valence-corrected chi connectivity index (χ1v) is 6.85. The summed E-state index contributed by atoms with van der Waals surface area (Å²) in [5.41, 5.74) is 7.26. The number of amides is 1. The molecule has 0 radical (unpaired) electrons. The molecule has 3 N–H and O–H groups in total. The fraction of sp³-hybridized carbons (Fsp3) is 0.571. The molecule has 1 fully saturated rings. The summed E-state index contributed by atoms with van der Waals surface area (Å²) in [6.45, 7) is 5.57. The highest BCUT2D eigenvalue weighted by Crippen LogP contribution is 2.16. The molecule has 0 bridgehead atoms. The fourth-order valence-corrected chi connectivity index (χ4v) is 2.40. The number of nitrogens with two attached hydrogens (primary N) is 1. The fourth-order valence-electron chi connectivity index (χ4n) is 2.40. The maximum Gasteiger partial charge on any atom is 0.244 e. The lowest BCUT2D eigenvalue weighted by Gasteiger charge is -2.29. The Kier molecular flexibility index (Phi) is 4.24. The smallest absolute Gasteiger partial charge is 0.244 e. The summed E-state index contributed by atoms with van der Waals surface area (Å²) in [6, 6.07) is 1.60. The molecule has 5 nitrogen and oxygen atoms in total. The van der Waals surface area contributed by atoms with E-state index in [0.29, 0.717) is 5.69 Å². The van der Waals surface area contributed by atoms with Crippen LogP contribution in [-0.2, 0) is 4.79 Å². The van der Waals surface area contributed by atoms with E-state index in [1.165, 1.54) is 6.42 Å². The first kappa shape index (κ1) is 13.6. The van der Waals surface area contributed by atoms with Gasteiger partial charge in [-0.2, -0.15) is 0 Å². The number of hydrogen-bond acceptors (Lipinski definition) is 4. The maximum atomic E-state index is 12.3. The number of nitrogens with one attached hydrogen (secondary N) is 1. The molecular weight excluding hydrogens is 240 g/mol. The third-order valence-corrected chi connectivity index (χ3v) is 3.49. The van der Waals surface area contributed by atoms with Crippen molar-refractivity contribution >= 4 is 17.4 Å². The molecule has 1 aromatic rings. The van der Waals surface area contributed by atoms with Crippen LogP contribution in [0.5, 0.6) is 0 Å². The highest BCUT2D eigenvalue weighted by Gasteiger charge is 2.22. The number of aryl methyl sites for hydroxylation is 1. The second-order valence-electron chi connectivity index (χ2n) is 5.19. The van der Waals surface area contributed by atoms with Crippen LogP contribution in [0.1, 0.15) is 31.7 Å². The van der Waals surface area contributed by atoms with Crippen LogP contribution >= 0.6 is 0 Å². The first-order chi connectivity index (χ1) is 9.08. The van der Waals surface area contributed by atoms with Crippen molar-refractivity contribution in [3.05, 3.63) is 17.8 Å². The molecule has 1 amide bonds. The SMILES string of the molecule is Cc1cc(N)cnc1NC(C)C(=O)N1CCCCC1. The third-order valence-electron chi connectivity index (χ3n) is 3.49. The molecular formula is C14H22N4O. The molecule has 104 valence electrons. The molecule has 1 aliphatic rings. The standard InChI is InChI=1S/C14H22N4O/c1-10-8-12(15)9-16-13(10)17-11(2)14(19)18-6-4-3-5-7-18/h8-9,11H,3-7,15H2,1-2H3,(H,16,17). The van der Waals surface area contributed by atoms with E-state index in [4.69, 9.17) is 5.73 Å². The van der Waals surface area contributed by atoms with Crippen molar-refractivity contribution in [2.45, 2.75) is 39.2 Å². The van der Waals surface area contributed by atoms with Crippen molar-refractivity contribution < 1.29 is 4.79 Å². The highest BCUT2D eigenvalue weighted by molar-refractivity contribution is 5.84. The summed E-state index contributed by atoms with van der Waals surface area (Å²) in [4.78, 5) is 18.5. The van der Waals surface area contributed by atoms with Crippen LogP contribution in [0.3, 0.4) is 0 Å². The molecule has 5 heteroatoms. The first-order valence-electron chi connectivity index (χ1n) is 6.85. The van der Waals surface area contributed by atoms with Gasteiger partial charge in [0.1, 0.15) is 11.9 Å². The minimum atomic E-state index is -0.257. The number of carbonyl (C=O) groups is 1. The number of hydrogen-bond donors (Lipinski definition) is 2. The van der Waals surface area contributed by atoms with E-state index in [9.17, 15) is 4.79 Å². The molecule has 1 unspecified atom stereocenters. The van der Waals surface area contributed by atoms with E-state index in [2.05, 4.69) is 10.3 Å². The van der Waals surface area contributed by atoms with Gasteiger partial charge in [0.25, 0.3) is 0 Å². The summed E-state index contributed by atoms with van der Waals surface area (Å²) in [7, 11) is 0. The van der Waals surface area contributed by atoms with Crippen molar-refractivity contribution in [2.75, 3.05) is 24.1 Å². The monoisotopic (exact) mass is 262 g/mol. The summed E-state index contributed by atoms with van der Waals surface area (Å²) in [5, 5.41) is 3.18. The van der Waals surface area contributed by atoms with E-state index in [1.807, 2.05) is 24.8 Å². The second-order valence-corrected chi connectivity index (χ2v) is 5.19. The van der Waals surface area contributed by atoms with Crippen molar-refractivity contribution in [2.24, 2.45) is 0 Å². The van der Waals surface area contributed by atoms with Crippen LogP contribution in [0.2, 0.25) is 0 Å². The molecule has 1 aliphatic heterocycles. The lowest BCUT2D eigenvalue weighted by molar-refractivity contribution is -0.132. The van der Waals surface area contributed by atoms with Gasteiger partial charge in [-0.3, -0.25) is 4.79 Å². The van der Waals surface area contributed by atoms with Gasteiger partial charge >= 0.3 is 0 Å². The number of aromatic nitrogens is 1. The van der Waals surface area contributed by atoms with Gasteiger partial charge in [-0.1, -0.05) is 0 Å². The number of nitrogen functional groups attached to an aromatic ring is 1. The zero-order chi connectivity index (χ0) is 13.8. The Hall–Kier alpha value is -1.78. The number of pyridine rings is 1. The largest absolute Gasteiger partial charge is 0.397 e. The zero-order valence-corrected chi connectivity index (χ0v) is 11.6. The molecule has 19 heavy (non-hydrogen) atoms. The number of rotatable bonds is 3. The van der Waals surface area contributed by atoms with Crippen molar-refractivity contribution in [3.8, 4) is 0 Å². The minimum Gasteiger partial charge on any atom is -0.397 e. The summed E-state index contributed by atoms with van der Waals surface area (Å²) in [5.74, 6) is 0.879. The van der Waals surface area contributed by atoms with Gasteiger partial charge in [-0.15, -0.1) is 0 Å². The van der Waals surface area contributed by atoms with Crippen LogP contribution < -0.4 is 11.1 Å². The maximum absolute atomic E-state index is 12.3. The topological polar surface area (TPSA) is 71.2 Å². The molecule has 1 atom stereocenters. The number of anilines is 2. The van der Waals surface area contributed by atoms with Crippen LogP contribution in [0, 0.1) is 6.92 Å². The van der Waals surface area contributed by atoms with Crippen LogP contribution in [0.4, 0.5) is 11.5 Å². The summed E-state index contributed by atoms with van der Waals surface area (Å²) < 4.78 is 0. The van der Waals surface area contributed by atoms with E-state index < -0.39 is 0 Å². The van der Waals surface area contributed by atoms with E-state index in [1.54, 1.807) is 6.20 Å². The Morgan fingerprint density at radius 3 is 2.74 bits per heavy atom. The van der Waals surface area contributed by atoms with E-state index in [0.717, 1.165) is 37.3 Å². The highest BCUT2D eigenvalue weighted by atomic mass is 16.2. The quantitative estimate of drug-likeness (QED) is 0.871. The molecule has 2 rings (SSSR count).